The Bertz CT molecular complexity index is 645. The number of rotatable bonds is 5. The number of benzene rings is 1. The van der Waals surface area contributed by atoms with Crippen LogP contribution >= 0.6 is 0 Å². The van der Waals surface area contributed by atoms with Crippen molar-refractivity contribution in [3.05, 3.63) is 23.3 Å². The zero-order valence-corrected chi connectivity index (χ0v) is 12.5. The van der Waals surface area contributed by atoms with E-state index in [1.807, 2.05) is 0 Å². The van der Waals surface area contributed by atoms with Crippen molar-refractivity contribution in [3.63, 3.8) is 0 Å². The van der Waals surface area contributed by atoms with Gasteiger partial charge in [-0.1, -0.05) is 0 Å². The van der Waals surface area contributed by atoms with E-state index >= 15 is 0 Å². The summed E-state index contributed by atoms with van der Waals surface area (Å²) in [5.74, 6) is -1.12. The van der Waals surface area contributed by atoms with Gasteiger partial charge in [0.25, 0.3) is 0 Å². The fourth-order valence-corrected chi connectivity index (χ4v) is 2.89. The van der Waals surface area contributed by atoms with Crippen LogP contribution in [0.4, 0.5) is 0 Å². The second-order valence-corrected chi connectivity index (χ2v) is 6.61. The summed E-state index contributed by atoms with van der Waals surface area (Å²) in [4.78, 5) is 11.1. The number of hydrogen-bond donors (Lipinski definition) is 1. The fourth-order valence-electron chi connectivity index (χ4n) is 2.02. The topological polar surface area (TPSA) is 99.1 Å². The highest BCUT2D eigenvalue weighted by atomic mass is 32.2. The van der Waals surface area contributed by atoms with Gasteiger partial charge in [0.15, 0.2) is 16.1 Å². The summed E-state index contributed by atoms with van der Waals surface area (Å²) in [6.07, 6.45) is 0.461. The van der Waals surface area contributed by atoms with Crippen LogP contribution in [0.1, 0.15) is 15.9 Å². The average Bonchev–Trinajstić information content (AvgIpc) is 2.88. The lowest BCUT2D eigenvalue weighted by Crippen LogP contribution is -2.20. The van der Waals surface area contributed by atoms with Crippen molar-refractivity contribution in [1.29, 1.82) is 0 Å². The molecule has 0 amide bonds. The van der Waals surface area contributed by atoms with Crippen molar-refractivity contribution in [3.8, 4) is 5.75 Å². The Balaban J connectivity index is 2.38. The Morgan fingerprint density at radius 3 is 2.52 bits per heavy atom. The summed E-state index contributed by atoms with van der Waals surface area (Å²) in [6, 6.07) is 2.49. The molecule has 1 aliphatic heterocycles. The van der Waals surface area contributed by atoms with Gasteiger partial charge in [0.1, 0.15) is 17.3 Å². The van der Waals surface area contributed by atoms with E-state index in [0.29, 0.717) is 13.2 Å². The second-order valence-electron chi connectivity index (χ2n) is 4.62. The summed E-state index contributed by atoms with van der Waals surface area (Å²) >= 11 is 0. The third-order valence-electron chi connectivity index (χ3n) is 3.05. The summed E-state index contributed by atoms with van der Waals surface area (Å²) in [5.41, 5.74) is 0.245. The molecule has 0 saturated carbocycles. The molecule has 1 aromatic carbocycles. The van der Waals surface area contributed by atoms with Crippen LogP contribution in [0.5, 0.6) is 5.75 Å². The molecule has 0 spiro atoms. The maximum Gasteiger partial charge on any atom is 0.336 e. The number of carbonyl (C=O) groups is 1. The van der Waals surface area contributed by atoms with Gasteiger partial charge in [0, 0.05) is 11.8 Å². The lowest BCUT2D eigenvalue weighted by atomic mass is 10.1. The van der Waals surface area contributed by atoms with Gasteiger partial charge in [-0.2, -0.15) is 0 Å². The minimum atomic E-state index is -3.54. The van der Waals surface area contributed by atoms with Gasteiger partial charge in [-0.05, 0) is 19.1 Å². The molecule has 21 heavy (non-hydrogen) atoms. The minimum absolute atomic E-state index is 0.00751. The quantitative estimate of drug-likeness (QED) is 0.859. The summed E-state index contributed by atoms with van der Waals surface area (Å²) in [6.45, 7) is 2.39. The fraction of sp³-hybridized carbons (Fsp3) is 0.462. The smallest absolute Gasteiger partial charge is 0.336 e. The first-order valence-corrected chi connectivity index (χ1v) is 8.13. The molecule has 1 N–H and O–H groups in total. The van der Waals surface area contributed by atoms with E-state index in [0.717, 1.165) is 6.26 Å². The first-order chi connectivity index (χ1) is 9.80. The van der Waals surface area contributed by atoms with Crippen molar-refractivity contribution in [2.24, 2.45) is 0 Å². The van der Waals surface area contributed by atoms with E-state index in [1.54, 1.807) is 0 Å². The van der Waals surface area contributed by atoms with E-state index < -0.39 is 22.1 Å². The predicted molar refractivity (Wildman–Crippen MR) is 72.4 cm³/mol. The summed E-state index contributed by atoms with van der Waals surface area (Å²) < 4.78 is 39.5. The Morgan fingerprint density at radius 2 is 2.00 bits per heavy atom. The van der Waals surface area contributed by atoms with Crippen LogP contribution in [0, 0.1) is 6.92 Å². The molecule has 1 fully saturated rings. The average molecular weight is 316 g/mol. The van der Waals surface area contributed by atoms with Gasteiger partial charge >= 0.3 is 5.97 Å². The normalized spacial score (nSPS) is 16.1. The van der Waals surface area contributed by atoms with Gasteiger partial charge in [-0.15, -0.1) is 0 Å². The molecule has 7 nitrogen and oxygen atoms in total. The molecule has 1 heterocycles. The van der Waals surface area contributed by atoms with Crippen LogP contribution in [0.15, 0.2) is 17.0 Å². The Morgan fingerprint density at radius 1 is 1.38 bits per heavy atom. The third kappa shape index (κ3) is 3.52. The first-order valence-electron chi connectivity index (χ1n) is 6.23. The van der Waals surface area contributed by atoms with Crippen molar-refractivity contribution < 1.29 is 32.5 Å². The van der Waals surface area contributed by atoms with E-state index in [2.05, 4.69) is 0 Å². The van der Waals surface area contributed by atoms with E-state index in [-0.39, 0.29) is 28.4 Å². The zero-order valence-electron chi connectivity index (χ0n) is 11.7. The molecule has 0 radical (unpaired) electrons. The Hall–Kier alpha value is -1.64. The van der Waals surface area contributed by atoms with Crippen molar-refractivity contribution >= 4 is 15.8 Å². The van der Waals surface area contributed by atoms with Gasteiger partial charge in [-0.25, -0.2) is 13.2 Å². The van der Waals surface area contributed by atoms with Gasteiger partial charge in [0.2, 0.25) is 0 Å². The maximum atomic E-state index is 11.8. The molecule has 0 aliphatic carbocycles. The standard InChI is InChI=1S/C13H16O7S/c1-8-9(13(14)15)3-4-10(21(2,16)17)12(8)20-7-11-18-5-6-19-11/h3-4,11H,5-7H2,1-2H3,(H,14,15). The minimum Gasteiger partial charge on any atom is -0.487 e. The van der Waals surface area contributed by atoms with E-state index in [1.165, 1.54) is 19.1 Å². The number of ether oxygens (including phenoxy) is 3. The summed E-state index contributed by atoms with van der Waals surface area (Å²) in [5, 5.41) is 9.11. The first kappa shape index (κ1) is 15.7. The molecule has 1 saturated heterocycles. The highest BCUT2D eigenvalue weighted by Crippen LogP contribution is 2.31. The number of carboxylic acids is 1. The number of aromatic carboxylic acids is 1. The molecule has 0 aromatic heterocycles. The van der Waals surface area contributed by atoms with E-state index in [9.17, 15) is 13.2 Å². The van der Waals surface area contributed by atoms with Gasteiger partial charge in [0.05, 0.1) is 18.8 Å². The molecular formula is C13H16O7S. The molecule has 1 aromatic rings. The molecular weight excluding hydrogens is 300 g/mol. The van der Waals surface area contributed by atoms with Crippen LogP contribution in [0.25, 0.3) is 0 Å². The molecule has 116 valence electrons. The SMILES string of the molecule is Cc1c(C(=O)O)ccc(S(C)(=O)=O)c1OCC1OCCO1. The highest BCUT2D eigenvalue weighted by Gasteiger charge is 2.23. The number of sulfone groups is 1. The lowest BCUT2D eigenvalue weighted by Gasteiger charge is -2.17. The molecule has 8 heteroatoms. The lowest BCUT2D eigenvalue weighted by molar-refractivity contribution is -0.0690. The van der Waals surface area contributed by atoms with Crippen molar-refractivity contribution in [2.75, 3.05) is 26.1 Å². The molecule has 0 bridgehead atoms. The summed E-state index contributed by atoms with van der Waals surface area (Å²) in [7, 11) is -3.54. The molecule has 0 atom stereocenters. The van der Waals surface area contributed by atoms with Crippen LogP contribution in [-0.2, 0) is 19.3 Å². The van der Waals surface area contributed by atoms with Crippen molar-refractivity contribution in [2.45, 2.75) is 18.1 Å². The van der Waals surface area contributed by atoms with Crippen LogP contribution < -0.4 is 4.74 Å². The largest absolute Gasteiger partial charge is 0.487 e. The maximum absolute atomic E-state index is 11.8. The van der Waals surface area contributed by atoms with Crippen LogP contribution in [-0.4, -0.2) is 51.9 Å². The van der Waals surface area contributed by atoms with Crippen LogP contribution in [0.3, 0.4) is 0 Å². The highest BCUT2D eigenvalue weighted by molar-refractivity contribution is 7.90. The van der Waals surface area contributed by atoms with Crippen molar-refractivity contribution in [1.82, 2.24) is 0 Å². The molecule has 0 unspecified atom stereocenters. The van der Waals surface area contributed by atoms with Crippen LogP contribution in [0.2, 0.25) is 0 Å². The van der Waals surface area contributed by atoms with Gasteiger partial charge < -0.3 is 19.3 Å². The zero-order chi connectivity index (χ0) is 15.6. The predicted octanol–water partition coefficient (Wildman–Crippen LogP) is 0.848. The Labute approximate surface area is 122 Å². The van der Waals surface area contributed by atoms with E-state index in [4.69, 9.17) is 19.3 Å². The van der Waals surface area contributed by atoms with Gasteiger partial charge in [-0.3, -0.25) is 0 Å². The Kier molecular flexibility index (Phi) is 4.50. The molecule has 1 aliphatic rings. The monoisotopic (exact) mass is 316 g/mol. The molecule has 2 rings (SSSR count). The second kappa shape index (κ2) is 6.00. The number of carboxylic acid groups (broad SMARTS) is 1. The number of hydrogen-bond acceptors (Lipinski definition) is 6. The third-order valence-corrected chi connectivity index (χ3v) is 4.17.